The fraction of sp³-hybridized carbons (Fsp3) is 0.333. The van der Waals surface area contributed by atoms with Crippen LogP contribution in [0.4, 0.5) is 5.69 Å². The molecule has 1 aromatic carbocycles. The van der Waals surface area contributed by atoms with Gasteiger partial charge in [0.05, 0.1) is 28.5 Å². The SMILES string of the molecule is COc1cc(N2CCN(C(C=O)n3nc(-c4ccncn4)c(Cl)c3C)CC2)ccc1Cl. The number of carbonyl (C=O) groups is 1. The third-order valence-electron chi connectivity index (χ3n) is 5.46. The van der Waals surface area contributed by atoms with Crippen LogP contribution in [0, 0.1) is 6.92 Å². The summed E-state index contributed by atoms with van der Waals surface area (Å²) in [6.07, 6.45) is 3.44. The second-order valence-corrected chi connectivity index (χ2v) is 7.96. The maximum Gasteiger partial charge on any atom is 0.160 e. The van der Waals surface area contributed by atoms with Crippen molar-refractivity contribution >= 4 is 35.2 Å². The van der Waals surface area contributed by atoms with Crippen molar-refractivity contribution in [3.63, 3.8) is 0 Å². The lowest BCUT2D eigenvalue weighted by Gasteiger charge is -2.38. The molecule has 8 nitrogen and oxygen atoms in total. The summed E-state index contributed by atoms with van der Waals surface area (Å²) >= 11 is 12.7. The highest BCUT2D eigenvalue weighted by Gasteiger charge is 2.28. The maximum atomic E-state index is 12.1. The molecule has 1 unspecified atom stereocenters. The number of nitrogens with zero attached hydrogens (tertiary/aromatic N) is 6. The lowest BCUT2D eigenvalue weighted by Crippen LogP contribution is -2.49. The Labute approximate surface area is 190 Å². The van der Waals surface area contributed by atoms with E-state index in [9.17, 15) is 4.79 Å². The predicted octanol–water partition coefficient (Wildman–Crippen LogP) is 3.48. The minimum absolute atomic E-state index is 0.484. The molecule has 10 heteroatoms. The molecule has 0 N–H and O–H groups in total. The Morgan fingerprint density at radius 2 is 1.94 bits per heavy atom. The van der Waals surface area contributed by atoms with E-state index in [0.717, 1.165) is 30.8 Å². The summed E-state index contributed by atoms with van der Waals surface area (Å²) in [5, 5.41) is 5.68. The first-order valence-corrected chi connectivity index (χ1v) is 10.6. The molecule has 1 saturated heterocycles. The smallest absolute Gasteiger partial charge is 0.160 e. The Kier molecular flexibility index (Phi) is 6.41. The standard InChI is InChI=1S/C21H22Cl2N6O2/c1-14-20(23)21(17-5-6-24-13-25-17)26-29(14)19(12-30)28-9-7-27(8-10-28)15-3-4-16(22)18(11-15)31-2/h3-6,11-13,19H,7-10H2,1-2H3. The number of aldehydes is 1. The van der Waals surface area contributed by atoms with Crippen molar-refractivity contribution in [2.24, 2.45) is 0 Å². The van der Waals surface area contributed by atoms with Crippen LogP contribution in [0.5, 0.6) is 5.75 Å². The number of halogens is 2. The van der Waals surface area contributed by atoms with E-state index in [0.29, 0.717) is 40.3 Å². The molecule has 1 aliphatic rings. The average molecular weight is 461 g/mol. The number of hydrogen-bond acceptors (Lipinski definition) is 7. The number of methoxy groups -OCH3 is 1. The maximum absolute atomic E-state index is 12.1. The highest BCUT2D eigenvalue weighted by Crippen LogP contribution is 2.32. The summed E-state index contributed by atoms with van der Waals surface area (Å²) in [4.78, 5) is 24.6. The van der Waals surface area contributed by atoms with E-state index in [1.54, 1.807) is 24.1 Å². The Hall–Kier alpha value is -2.68. The Bertz CT molecular complexity index is 1070. The largest absolute Gasteiger partial charge is 0.495 e. The molecule has 0 spiro atoms. The molecule has 1 fully saturated rings. The van der Waals surface area contributed by atoms with Gasteiger partial charge in [-0.15, -0.1) is 0 Å². The fourth-order valence-corrected chi connectivity index (χ4v) is 4.15. The zero-order chi connectivity index (χ0) is 22.0. The van der Waals surface area contributed by atoms with Gasteiger partial charge < -0.3 is 9.64 Å². The van der Waals surface area contributed by atoms with Crippen molar-refractivity contribution in [1.29, 1.82) is 0 Å². The van der Waals surface area contributed by atoms with E-state index in [1.807, 2.05) is 25.1 Å². The van der Waals surface area contributed by atoms with Gasteiger partial charge in [0, 0.05) is 44.1 Å². The summed E-state index contributed by atoms with van der Waals surface area (Å²) in [6, 6.07) is 7.48. The lowest BCUT2D eigenvalue weighted by molar-refractivity contribution is -0.116. The number of aromatic nitrogens is 4. The number of benzene rings is 1. The van der Waals surface area contributed by atoms with Gasteiger partial charge in [-0.25, -0.2) is 14.6 Å². The van der Waals surface area contributed by atoms with Gasteiger partial charge in [-0.3, -0.25) is 9.69 Å². The van der Waals surface area contributed by atoms with Gasteiger partial charge in [0.15, 0.2) is 12.5 Å². The van der Waals surface area contributed by atoms with E-state index in [4.69, 9.17) is 27.9 Å². The van der Waals surface area contributed by atoms with Crippen molar-refractivity contribution in [2.75, 3.05) is 38.2 Å². The molecular formula is C21H22Cl2N6O2. The van der Waals surface area contributed by atoms with Crippen LogP contribution in [0.1, 0.15) is 11.9 Å². The van der Waals surface area contributed by atoms with Crippen molar-refractivity contribution in [3.05, 3.63) is 52.5 Å². The number of hydrogen-bond donors (Lipinski definition) is 0. The molecule has 0 bridgehead atoms. The van der Waals surface area contributed by atoms with E-state index >= 15 is 0 Å². The third kappa shape index (κ3) is 4.23. The predicted molar refractivity (Wildman–Crippen MR) is 120 cm³/mol. The number of carbonyl (C=O) groups excluding carboxylic acids is 1. The van der Waals surface area contributed by atoms with Crippen molar-refractivity contribution in [2.45, 2.75) is 13.1 Å². The van der Waals surface area contributed by atoms with Crippen molar-refractivity contribution in [1.82, 2.24) is 24.6 Å². The quantitative estimate of drug-likeness (QED) is 0.521. The van der Waals surface area contributed by atoms with Crippen LogP contribution in [0.25, 0.3) is 11.4 Å². The van der Waals surface area contributed by atoms with Crippen LogP contribution in [0.2, 0.25) is 10.0 Å². The van der Waals surface area contributed by atoms with Gasteiger partial charge in [0.25, 0.3) is 0 Å². The molecule has 3 aromatic rings. The van der Waals surface area contributed by atoms with Crippen LogP contribution in [-0.4, -0.2) is 64.2 Å². The van der Waals surface area contributed by atoms with Gasteiger partial charge in [-0.1, -0.05) is 23.2 Å². The normalized spacial score (nSPS) is 15.7. The van der Waals surface area contributed by atoms with Crippen LogP contribution < -0.4 is 9.64 Å². The first kappa shape index (κ1) is 21.5. The van der Waals surface area contributed by atoms with Gasteiger partial charge in [0.1, 0.15) is 17.8 Å². The number of ether oxygens (including phenoxy) is 1. The number of rotatable bonds is 6. The average Bonchev–Trinajstić information content (AvgIpc) is 3.10. The van der Waals surface area contributed by atoms with Crippen molar-refractivity contribution in [3.8, 4) is 17.1 Å². The fourth-order valence-electron chi connectivity index (χ4n) is 3.74. The monoisotopic (exact) mass is 460 g/mol. The number of anilines is 1. The molecule has 31 heavy (non-hydrogen) atoms. The summed E-state index contributed by atoms with van der Waals surface area (Å²) < 4.78 is 7.00. The molecule has 0 amide bonds. The van der Waals surface area contributed by atoms with Crippen LogP contribution >= 0.6 is 23.2 Å². The summed E-state index contributed by atoms with van der Waals surface area (Å²) in [7, 11) is 1.60. The van der Waals surface area contributed by atoms with E-state index in [2.05, 4.69) is 24.9 Å². The minimum Gasteiger partial charge on any atom is -0.495 e. The second-order valence-electron chi connectivity index (χ2n) is 7.18. The molecule has 1 atom stereocenters. The van der Waals surface area contributed by atoms with Crippen LogP contribution in [-0.2, 0) is 4.79 Å². The highest BCUT2D eigenvalue weighted by atomic mass is 35.5. The van der Waals surface area contributed by atoms with Gasteiger partial charge >= 0.3 is 0 Å². The molecule has 2 aromatic heterocycles. The van der Waals surface area contributed by atoms with E-state index < -0.39 is 6.17 Å². The number of piperazine rings is 1. The molecule has 0 saturated carbocycles. The van der Waals surface area contributed by atoms with Gasteiger partial charge in [-0.05, 0) is 25.1 Å². The molecule has 4 rings (SSSR count). The molecule has 0 radical (unpaired) electrons. The van der Waals surface area contributed by atoms with Crippen LogP contribution in [0.15, 0.2) is 36.8 Å². The lowest BCUT2D eigenvalue weighted by atomic mass is 10.2. The topological polar surface area (TPSA) is 76.4 Å². The first-order chi connectivity index (χ1) is 15.0. The zero-order valence-corrected chi connectivity index (χ0v) is 18.7. The van der Waals surface area contributed by atoms with Crippen molar-refractivity contribution < 1.29 is 9.53 Å². The second kappa shape index (κ2) is 9.21. The first-order valence-electron chi connectivity index (χ1n) is 9.82. The molecule has 162 valence electrons. The molecule has 0 aliphatic carbocycles. The third-order valence-corrected chi connectivity index (χ3v) is 6.23. The van der Waals surface area contributed by atoms with E-state index in [-0.39, 0.29) is 0 Å². The Morgan fingerprint density at radius 1 is 1.16 bits per heavy atom. The van der Waals surface area contributed by atoms with Gasteiger partial charge in [0.2, 0.25) is 0 Å². The highest BCUT2D eigenvalue weighted by molar-refractivity contribution is 6.33. The summed E-state index contributed by atoms with van der Waals surface area (Å²) in [5.41, 5.74) is 2.92. The van der Waals surface area contributed by atoms with E-state index in [1.165, 1.54) is 6.33 Å². The summed E-state index contributed by atoms with van der Waals surface area (Å²) in [6.45, 7) is 4.73. The molecule has 3 heterocycles. The zero-order valence-electron chi connectivity index (χ0n) is 17.2. The minimum atomic E-state index is -0.546. The van der Waals surface area contributed by atoms with Gasteiger partial charge in [-0.2, -0.15) is 5.10 Å². The Morgan fingerprint density at radius 3 is 2.58 bits per heavy atom. The summed E-state index contributed by atoms with van der Waals surface area (Å²) in [5.74, 6) is 0.645. The van der Waals surface area contributed by atoms with Crippen LogP contribution in [0.3, 0.4) is 0 Å². The Balaban J connectivity index is 1.52. The molecular weight excluding hydrogens is 439 g/mol. The molecule has 1 aliphatic heterocycles.